The zero-order valence-electron chi connectivity index (χ0n) is 12.8. The second-order valence-electron chi connectivity index (χ2n) is 5.56. The van der Waals surface area contributed by atoms with Crippen molar-refractivity contribution in [2.24, 2.45) is 7.05 Å². The molecule has 23 heavy (non-hydrogen) atoms. The molecule has 2 aromatic heterocycles. The highest BCUT2D eigenvalue weighted by Crippen LogP contribution is 2.33. The largest absolute Gasteiger partial charge is 0.323 e. The van der Waals surface area contributed by atoms with Crippen molar-refractivity contribution >= 4 is 35.0 Å². The molecule has 0 aliphatic heterocycles. The van der Waals surface area contributed by atoms with Gasteiger partial charge in [-0.15, -0.1) is 10.2 Å². The molecule has 1 saturated carbocycles. The van der Waals surface area contributed by atoms with Gasteiger partial charge in [-0.05, 0) is 25.0 Å². The molecule has 6 nitrogen and oxygen atoms in total. The number of aromatic nitrogens is 4. The van der Waals surface area contributed by atoms with Crippen molar-refractivity contribution < 1.29 is 4.79 Å². The van der Waals surface area contributed by atoms with Crippen molar-refractivity contribution in [3.05, 3.63) is 29.3 Å². The lowest BCUT2D eigenvalue weighted by atomic mass is 10.1. The van der Waals surface area contributed by atoms with E-state index >= 15 is 0 Å². The maximum absolute atomic E-state index is 12.0. The second-order valence-corrected chi connectivity index (χ2v) is 6.86. The number of nitrogens with zero attached hydrogens (tertiary/aromatic N) is 4. The lowest BCUT2D eigenvalue weighted by Gasteiger charge is -2.09. The summed E-state index contributed by atoms with van der Waals surface area (Å²) in [7, 11) is 1.96. The first kappa shape index (κ1) is 16.3. The fourth-order valence-electron chi connectivity index (χ4n) is 2.79. The Morgan fingerprint density at radius 3 is 2.96 bits per heavy atom. The van der Waals surface area contributed by atoms with Crippen molar-refractivity contribution in [1.82, 2.24) is 19.7 Å². The smallest absolute Gasteiger partial charge is 0.234 e. The molecule has 0 bridgehead atoms. The second kappa shape index (κ2) is 7.31. The van der Waals surface area contributed by atoms with Gasteiger partial charge in [0.15, 0.2) is 10.3 Å². The van der Waals surface area contributed by atoms with Crippen LogP contribution in [0.25, 0.3) is 0 Å². The van der Waals surface area contributed by atoms with E-state index in [0.717, 1.165) is 11.0 Å². The highest BCUT2D eigenvalue weighted by molar-refractivity contribution is 7.99. The van der Waals surface area contributed by atoms with Crippen LogP contribution < -0.4 is 5.32 Å². The van der Waals surface area contributed by atoms with Crippen molar-refractivity contribution in [3.8, 4) is 0 Å². The van der Waals surface area contributed by atoms with Gasteiger partial charge in [-0.25, -0.2) is 4.98 Å². The van der Waals surface area contributed by atoms with Crippen LogP contribution in [0.3, 0.4) is 0 Å². The summed E-state index contributed by atoms with van der Waals surface area (Å²) in [5, 5.41) is 12.3. The molecule has 2 aromatic rings. The summed E-state index contributed by atoms with van der Waals surface area (Å²) in [6.07, 6.45) is 6.45. The Kier molecular flexibility index (Phi) is 5.17. The quantitative estimate of drug-likeness (QED) is 0.661. The Morgan fingerprint density at radius 2 is 2.22 bits per heavy atom. The number of rotatable bonds is 5. The Hall–Kier alpha value is -1.60. The normalized spacial score (nSPS) is 15.0. The Balaban J connectivity index is 1.58. The summed E-state index contributed by atoms with van der Waals surface area (Å²) in [5.41, 5.74) is 0.518. The number of pyridine rings is 1. The first-order valence-corrected chi connectivity index (χ1v) is 8.94. The number of carbonyl (C=O) groups excluding carboxylic acids is 1. The van der Waals surface area contributed by atoms with Crippen molar-refractivity contribution in [2.45, 2.75) is 36.8 Å². The summed E-state index contributed by atoms with van der Waals surface area (Å²) in [4.78, 5) is 16.0. The Labute approximate surface area is 144 Å². The zero-order chi connectivity index (χ0) is 16.2. The SMILES string of the molecule is Cn1c(SCC(=O)Nc2cccnc2Cl)nnc1C1CCCC1. The number of anilines is 1. The molecule has 1 N–H and O–H groups in total. The molecule has 0 spiro atoms. The predicted molar refractivity (Wildman–Crippen MR) is 90.8 cm³/mol. The highest BCUT2D eigenvalue weighted by atomic mass is 35.5. The standard InChI is InChI=1S/C15H18ClN5OS/c1-21-14(10-5-2-3-6-10)19-20-15(21)23-9-12(22)18-11-7-4-8-17-13(11)16/h4,7-8,10H,2-3,5-6,9H2,1H3,(H,18,22). The number of hydrogen-bond donors (Lipinski definition) is 1. The van der Waals surface area contributed by atoms with Gasteiger partial charge in [0, 0.05) is 19.2 Å². The van der Waals surface area contributed by atoms with Crippen LogP contribution in [0.2, 0.25) is 5.15 Å². The number of amides is 1. The third-order valence-corrected chi connectivity index (χ3v) is 5.28. The van der Waals surface area contributed by atoms with Gasteiger partial charge in [0.2, 0.25) is 5.91 Å². The molecule has 1 aliphatic carbocycles. The van der Waals surface area contributed by atoms with Crippen molar-refractivity contribution in [1.29, 1.82) is 0 Å². The van der Waals surface area contributed by atoms with Crippen LogP contribution in [0.5, 0.6) is 0 Å². The van der Waals surface area contributed by atoms with Crippen LogP contribution in [0, 0.1) is 0 Å². The van der Waals surface area contributed by atoms with Crippen LogP contribution in [0.1, 0.15) is 37.4 Å². The fraction of sp³-hybridized carbons (Fsp3) is 0.467. The lowest BCUT2D eigenvalue weighted by Crippen LogP contribution is -2.15. The number of carbonyl (C=O) groups is 1. The molecular formula is C15H18ClN5OS. The minimum Gasteiger partial charge on any atom is -0.323 e. The van der Waals surface area contributed by atoms with Crippen molar-refractivity contribution in [3.63, 3.8) is 0 Å². The summed E-state index contributed by atoms with van der Waals surface area (Å²) >= 11 is 7.30. The molecule has 0 saturated heterocycles. The van der Waals surface area contributed by atoms with E-state index in [1.807, 2.05) is 11.6 Å². The maximum Gasteiger partial charge on any atom is 0.234 e. The molecule has 8 heteroatoms. The molecule has 122 valence electrons. The molecule has 0 unspecified atom stereocenters. The Bertz CT molecular complexity index is 699. The average molecular weight is 352 g/mol. The van der Waals surface area contributed by atoms with Gasteiger partial charge in [-0.3, -0.25) is 4.79 Å². The number of halogens is 1. The fourth-order valence-corrected chi connectivity index (χ4v) is 3.67. The lowest BCUT2D eigenvalue weighted by molar-refractivity contribution is -0.113. The van der Waals surface area contributed by atoms with E-state index in [1.165, 1.54) is 37.4 Å². The molecule has 1 fully saturated rings. The first-order chi connectivity index (χ1) is 11.1. The van der Waals surface area contributed by atoms with E-state index in [4.69, 9.17) is 11.6 Å². The van der Waals surface area contributed by atoms with Crippen LogP contribution in [0.4, 0.5) is 5.69 Å². The van der Waals surface area contributed by atoms with Crippen LogP contribution in [0.15, 0.2) is 23.5 Å². The molecule has 1 amide bonds. The van der Waals surface area contributed by atoms with E-state index in [0.29, 0.717) is 11.6 Å². The minimum absolute atomic E-state index is 0.143. The molecule has 2 heterocycles. The predicted octanol–water partition coefficient (Wildman–Crippen LogP) is 3.25. The number of hydrogen-bond acceptors (Lipinski definition) is 5. The van der Waals surface area contributed by atoms with E-state index in [1.54, 1.807) is 18.3 Å². The third kappa shape index (κ3) is 3.84. The maximum atomic E-state index is 12.0. The number of nitrogens with one attached hydrogen (secondary N) is 1. The molecule has 0 atom stereocenters. The topological polar surface area (TPSA) is 72.7 Å². The highest BCUT2D eigenvalue weighted by Gasteiger charge is 2.23. The summed E-state index contributed by atoms with van der Waals surface area (Å²) in [6, 6.07) is 3.45. The summed E-state index contributed by atoms with van der Waals surface area (Å²) in [6.45, 7) is 0. The first-order valence-electron chi connectivity index (χ1n) is 7.57. The summed E-state index contributed by atoms with van der Waals surface area (Å²) < 4.78 is 2.00. The van der Waals surface area contributed by atoms with Gasteiger partial charge in [-0.2, -0.15) is 0 Å². The Morgan fingerprint density at radius 1 is 1.43 bits per heavy atom. The van der Waals surface area contributed by atoms with Gasteiger partial charge < -0.3 is 9.88 Å². The molecule has 1 aliphatic rings. The molecular weight excluding hydrogens is 334 g/mol. The zero-order valence-corrected chi connectivity index (χ0v) is 14.4. The minimum atomic E-state index is -0.143. The van der Waals surface area contributed by atoms with E-state index in [2.05, 4.69) is 20.5 Å². The third-order valence-electron chi connectivity index (χ3n) is 3.95. The van der Waals surface area contributed by atoms with E-state index < -0.39 is 0 Å². The average Bonchev–Trinajstić information content (AvgIpc) is 3.17. The van der Waals surface area contributed by atoms with Gasteiger partial charge in [0.1, 0.15) is 5.82 Å². The van der Waals surface area contributed by atoms with Crippen LogP contribution in [-0.2, 0) is 11.8 Å². The van der Waals surface area contributed by atoms with Gasteiger partial charge in [0.05, 0.1) is 11.4 Å². The molecule has 3 rings (SSSR count). The monoisotopic (exact) mass is 351 g/mol. The van der Waals surface area contributed by atoms with Crippen LogP contribution >= 0.6 is 23.4 Å². The van der Waals surface area contributed by atoms with Crippen molar-refractivity contribution in [2.75, 3.05) is 11.1 Å². The van der Waals surface area contributed by atoms with E-state index in [-0.39, 0.29) is 16.8 Å². The molecule has 0 aromatic carbocycles. The van der Waals surface area contributed by atoms with Gasteiger partial charge >= 0.3 is 0 Å². The van der Waals surface area contributed by atoms with Gasteiger partial charge in [0.25, 0.3) is 0 Å². The number of thioether (sulfide) groups is 1. The summed E-state index contributed by atoms with van der Waals surface area (Å²) in [5.74, 6) is 1.64. The van der Waals surface area contributed by atoms with Crippen LogP contribution in [-0.4, -0.2) is 31.4 Å². The van der Waals surface area contributed by atoms with E-state index in [9.17, 15) is 4.79 Å². The molecule has 0 radical (unpaired) electrons. The van der Waals surface area contributed by atoms with Gasteiger partial charge in [-0.1, -0.05) is 36.2 Å².